The molecule has 0 aromatic carbocycles. The number of hydrogen-bond donors (Lipinski definition) is 3. The van der Waals surface area contributed by atoms with Crippen molar-refractivity contribution in [1.29, 1.82) is 0 Å². The van der Waals surface area contributed by atoms with Crippen LogP contribution in [0.4, 0.5) is 5.82 Å². The van der Waals surface area contributed by atoms with Crippen LogP contribution < -0.4 is 11.1 Å². The number of aliphatic hydroxyl groups excluding tert-OH is 1. The maximum Gasteiger partial charge on any atom is 0.249 e. The predicted molar refractivity (Wildman–Crippen MR) is 69.5 cm³/mol. The highest BCUT2D eigenvalue weighted by Crippen LogP contribution is 2.06. The van der Waals surface area contributed by atoms with Crippen LogP contribution in [0, 0.1) is 0 Å². The average Bonchev–Trinajstić information content (AvgIpc) is 2.34. The molecule has 5 nitrogen and oxygen atoms in total. The summed E-state index contributed by atoms with van der Waals surface area (Å²) < 4.78 is 0. The summed E-state index contributed by atoms with van der Waals surface area (Å²) in [6, 6.07) is 3.54. The normalized spacial score (nSPS) is 12.1. The maximum absolute atomic E-state index is 11.5. The van der Waals surface area contributed by atoms with E-state index < -0.39 is 6.10 Å². The molecule has 6 heteroatoms. The molecule has 0 bridgehead atoms. The molecule has 1 aromatic heterocycles. The topological polar surface area (TPSA) is 88.2 Å². The first kappa shape index (κ1) is 13.8. The Balaban J connectivity index is 2.40. The Morgan fingerprint density at radius 2 is 2.47 bits per heavy atom. The molecule has 94 valence electrons. The molecule has 0 spiro atoms. The largest absolute Gasteiger partial charge is 0.383 e. The van der Waals surface area contributed by atoms with E-state index in [-0.39, 0.29) is 12.5 Å². The Bertz CT molecular complexity index is 373. The summed E-state index contributed by atoms with van der Waals surface area (Å²) in [5, 5.41) is 12.2. The minimum absolute atomic E-state index is 0.287. The van der Waals surface area contributed by atoms with Crippen LogP contribution in [0.3, 0.4) is 0 Å². The lowest BCUT2D eigenvalue weighted by atomic mass is 10.2. The van der Waals surface area contributed by atoms with E-state index in [0.717, 1.165) is 11.3 Å². The lowest BCUT2D eigenvalue weighted by Crippen LogP contribution is -2.34. The number of carbonyl (C=O) groups is 1. The van der Waals surface area contributed by atoms with Gasteiger partial charge in [0.2, 0.25) is 5.91 Å². The van der Waals surface area contributed by atoms with Gasteiger partial charge in [0.1, 0.15) is 11.9 Å². The van der Waals surface area contributed by atoms with Crippen molar-refractivity contribution in [1.82, 2.24) is 10.3 Å². The Kier molecular flexibility index (Phi) is 5.79. The molecule has 0 saturated heterocycles. The van der Waals surface area contributed by atoms with E-state index in [1.165, 1.54) is 0 Å². The molecule has 1 heterocycles. The summed E-state index contributed by atoms with van der Waals surface area (Å²) in [7, 11) is 0. The summed E-state index contributed by atoms with van der Waals surface area (Å²) in [5.41, 5.74) is 6.38. The molecule has 1 amide bonds. The SMILES string of the molecule is CSCCC(O)C(=O)NCc1cccnc1N. The number of hydrogen-bond acceptors (Lipinski definition) is 5. The lowest BCUT2D eigenvalue weighted by molar-refractivity contribution is -0.129. The maximum atomic E-state index is 11.5. The van der Waals surface area contributed by atoms with Crippen molar-refractivity contribution < 1.29 is 9.90 Å². The molecule has 0 aliphatic heterocycles. The van der Waals surface area contributed by atoms with Crippen molar-refractivity contribution in [2.75, 3.05) is 17.7 Å². The van der Waals surface area contributed by atoms with Crippen LogP contribution in [0.5, 0.6) is 0 Å². The number of aromatic nitrogens is 1. The molecule has 1 atom stereocenters. The van der Waals surface area contributed by atoms with Gasteiger partial charge in [-0.2, -0.15) is 11.8 Å². The first-order chi connectivity index (χ1) is 8.15. The summed E-state index contributed by atoms with van der Waals surface area (Å²) in [6.07, 6.45) is 3.02. The highest BCUT2D eigenvalue weighted by Gasteiger charge is 2.14. The van der Waals surface area contributed by atoms with Gasteiger partial charge in [0.15, 0.2) is 0 Å². The van der Waals surface area contributed by atoms with E-state index in [1.54, 1.807) is 30.1 Å². The van der Waals surface area contributed by atoms with Crippen LogP contribution in [0.25, 0.3) is 0 Å². The fraction of sp³-hybridized carbons (Fsp3) is 0.455. The standard InChI is InChI=1S/C11H17N3O2S/c1-17-6-4-9(15)11(16)14-7-8-3-2-5-13-10(8)12/h2-3,5,9,15H,4,6-7H2,1H3,(H2,12,13)(H,14,16). The van der Waals surface area contributed by atoms with Gasteiger partial charge in [-0.15, -0.1) is 0 Å². The number of nitrogens with one attached hydrogen (secondary N) is 1. The van der Waals surface area contributed by atoms with Gasteiger partial charge in [-0.1, -0.05) is 6.07 Å². The minimum atomic E-state index is -0.958. The number of carbonyl (C=O) groups excluding carboxylic acids is 1. The fourth-order valence-corrected chi connectivity index (χ4v) is 1.72. The molecule has 1 unspecified atom stereocenters. The summed E-state index contributed by atoms with van der Waals surface area (Å²) in [6.45, 7) is 0.287. The molecule has 0 fully saturated rings. The Morgan fingerprint density at radius 1 is 1.71 bits per heavy atom. The molecule has 0 aliphatic carbocycles. The molecule has 0 radical (unpaired) electrons. The van der Waals surface area contributed by atoms with Gasteiger partial charge in [-0.3, -0.25) is 4.79 Å². The van der Waals surface area contributed by atoms with Gasteiger partial charge in [-0.05, 0) is 24.5 Å². The van der Waals surface area contributed by atoms with Crippen LogP contribution in [0.15, 0.2) is 18.3 Å². The van der Waals surface area contributed by atoms with Gasteiger partial charge >= 0.3 is 0 Å². The number of aliphatic hydroxyl groups is 1. The van der Waals surface area contributed by atoms with Gasteiger partial charge in [0.25, 0.3) is 0 Å². The zero-order valence-electron chi connectivity index (χ0n) is 9.72. The number of nitrogens with zero attached hydrogens (tertiary/aromatic N) is 1. The third-order valence-electron chi connectivity index (χ3n) is 2.28. The van der Waals surface area contributed by atoms with Crippen molar-refractivity contribution >= 4 is 23.5 Å². The number of nitrogen functional groups attached to an aromatic ring is 1. The zero-order valence-corrected chi connectivity index (χ0v) is 10.5. The molecule has 0 aliphatic rings. The van der Waals surface area contributed by atoms with E-state index in [4.69, 9.17) is 5.73 Å². The lowest BCUT2D eigenvalue weighted by Gasteiger charge is -2.11. The van der Waals surface area contributed by atoms with Crippen molar-refractivity contribution in [2.45, 2.75) is 19.1 Å². The first-order valence-corrected chi connectivity index (χ1v) is 6.68. The second-order valence-electron chi connectivity index (χ2n) is 3.56. The van der Waals surface area contributed by atoms with E-state index in [0.29, 0.717) is 12.2 Å². The highest BCUT2D eigenvalue weighted by molar-refractivity contribution is 7.98. The Labute approximate surface area is 105 Å². The fourth-order valence-electron chi connectivity index (χ4n) is 1.26. The molecule has 4 N–H and O–H groups in total. The number of rotatable bonds is 6. The molecule has 17 heavy (non-hydrogen) atoms. The second kappa shape index (κ2) is 7.13. The average molecular weight is 255 g/mol. The van der Waals surface area contributed by atoms with Crippen molar-refractivity contribution in [3.05, 3.63) is 23.9 Å². The Hall–Kier alpha value is -1.27. The third kappa shape index (κ3) is 4.62. The number of thioether (sulfide) groups is 1. The number of pyridine rings is 1. The molecule has 1 rings (SSSR count). The van der Waals surface area contributed by atoms with E-state index in [9.17, 15) is 9.90 Å². The smallest absolute Gasteiger partial charge is 0.249 e. The van der Waals surface area contributed by atoms with Crippen LogP contribution in [0.2, 0.25) is 0 Å². The van der Waals surface area contributed by atoms with Gasteiger partial charge in [-0.25, -0.2) is 4.98 Å². The highest BCUT2D eigenvalue weighted by atomic mass is 32.2. The summed E-state index contributed by atoms with van der Waals surface area (Å²) in [5.74, 6) is 0.776. The van der Waals surface area contributed by atoms with E-state index in [2.05, 4.69) is 10.3 Å². The predicted octanol–water partition coefficient (Wildman–Crippen LogP) is 0.394. The monoisotopic (exact) mass is 255 g/mol. The van der Waals surface area contributed by atoms with Gasteiger partial charge in [0.05, 0.1) is 0 Å². The number of anilines is 1. The quantitative estimate of drug-likeness (QED) is 0.684. The van der Waals surface area contributed by atoms with E-state index in [1.807, 2.05) is 6.26 Å². The molecule has 1 aromatic rings. The molecule has 0 saturated carbocycles. The van der Waals surface area contributed by atoms with Crippen LogP contribution >= 0.6 is 11.8 Å². The Morgan fingerprint density at radius 3 is 3.12 bits per heavy atom. The summed E-state index contributed by atoms with van der Waals surface area (Å²) >= 11 is 1.59. The molecular formula is C11H17N3O2S. The van der Waals surface area contributed by atoms with Crippen LogP contribution in [-0.4, -0.2) is 34.1 Å². The second-order valence-corrected chi connectivity index (χ2v) is 4.55. The van der Waals surface area contributed by atoms with Crippen molar-refractivity contribution in [2.24, 2.45) is 0 Å². The van der Waals surface area contributed by atoms with Crippen molar-refractivity contribution in [3.8, 4) is 0 Å². The minimum Gasteiger partial charge on any atom is -0.383 e. The van der Waals surface area contributed by atoms with Gasteiger partial charge < -0.3 is 16.2 Å². The first-order valence-electron chi connectivity index (χ1n) is 5.29. The van der Waals surface area contributed by atoms with Crippen molar-refractivity contribution in [3.63, 3.8) is 0 Å². The van der Waals surface area contributed by atoms with Crippen LogP contribution in [-0.2, 0) is 11.3 Å². The summed E-state index contributed by atoms with van der Waals surface area (Å²) in [4.78, 5) is 15.4. The van der Waals surface area contributed by atoms with Gasteiger partial charge in [0, 0.05) is 18.3 Å². The number of nitrogens with two attached hydrogens (primary N) is 1. The molecular weight excluding hydrogens is 238 g/mol. The zero-order chi connectivity index (χ0) is 12.7. The van der Waals surface area contributed by atoms with E-state index >= 15 is 0 Å². The third-order valence-corrected chi connectivity index (χ3v) is 2.92. The number of amides is 1. The van der Waals surface area contributed by atoms with Crippen LogP contribution in [0.1, 0.15) is 12.0 Å².